The predicted molar refractivity (Wildman–Crippen MR) is 86.1 cm³/mol. The van der Waals surface area contributed by atoms with Gasteiger partial charge >= 0.3 is 0 Å². The molecule has 1 aromatic rings. The molecule has 0 saturated heterocycles. The number of aliphatic hydroxyl groups is 1. The van der Waals surface area contributed by atoms with Crippen molar-refractivity contribution in [2.45, 2.75) is 38.6 Å². The van der Waals surface area contributed by atoms with Crippen molar-refractivity contribution in [3.8, 4) is 0 Å². The lowest BCUT2D eigenvalue weighted by molar-refractivity contribution is -0.114. The first-order valence-corrected chi connectivity index (χ1v) is 7.86. The molecule has 0 aromatic heterocycles. The van der Waals surface area contributed by atoms with E-state index in [1.165, 1.54) is 6.92 Å². The molecule has 1 aliphatic rings. The van der Waals surface area contributed by atoms with Crippen LogP contribution in [0.4, 0.5) is 5.69 Å². The number of carbonyl (C=O) groups excluding carboxylic acids is 2. The molecule has 1 aliphatic carbocycles. The number of benzene rings is 1. The predicted octanol–water partition coefficient (Wildman–Crippen LogP) is 2.58. The van der Waals surface area contributed by atoms with Gasteiger partial charge in [0, 0.05) is 25.3 Å². The van der Waals surface area contributed by atoms with Crippen LogP contribution >= 0.6 is 11.6 Å². The van der Waals surface area contributed by atoms with E-state index in [-0.39, 0.29) is 24.5 Å². The van der Waals surface area contributed by atoms with Crippen LogP contribution in [0.25, 0.3) is 0 Å². The minimum atomic E-state index is -0.232. The number of amides is 2. The van der Waals surface area contributed by atoms with Crippen LogP contribution in [-0.4, -0.2) is 29.6 Å². The summed E-state index contributed by atoms with van der Waals surface area (Å²) in [6.07, 6.45) is 3.56. The lowest BCUT2D eigenvalue weighted by Gasteiger charge is -2.28. The van der Waals surface area contributed by atoms with Gasteiger partial charge in [-0.05, 0) is 49.8 Å². The summed E-state index contributed by atoms with van der Waals surface area (Å²) in [7, 11) is 0. The topological polar surface area (TPSA) is 78.4 Å². The fourth-order valence-electron chi connectivity index (χ4n) is 2.73. The van der Waals surface area contributed by atoms with Crippen LogP contribution in [0, 0.1) is 5.92 Å². The Bertz CT molecular complexity index is 554. The van der Waals surface area contributed by atoms with E-state index >= 15 is 0 Å². The molecule has 0 aliphatic heterocycles. The molecule has 0 spiro atoms. The third kappa shape index (κ3) is 4.45. The summed E-state index contributed by atoms with van der Waals surface area (Å²) in [5.74, 6) is -0.0829. The highest BCUT2D eigenvalue weighted by atomic mass is 35.5. The second kappa shape index (κ2) is 7.61. The lowest BCUT2D eigenvalue weighted by atomic mass is 9.86. The van der Waals surface area contributed by atoms with Gasteiger partial charge in [-0.1, -0.05) is 11.6 Å². The van der Waals surface area contributed by atoms with Crippen LogP contribution in [0.3, 0.4) is 0 Å². The van der Waals surface area contributed by atoms with Crippen molar-refractivity contribution in [2.24, 2.45) is 5.92 Å². The molecule has 0 radical (unpaired) electrons. The Morgan fingerprint density at radius 2 is 1.95 bits per heavy atom. The summed E-state index contributed by atoms with van der Waals surface area (Å²) in [6, 6.07) is 4.95. The Labute approximate surface area is 135 Å². The van der Waals surface area contributed by atoms with Crippen LogP contribution in [0.5, 0.6) is 0 Å². The van der Waals surface area contributed by atoms with Crippen molar-refractivity contribution >= 4 is 29.1 Å². The molecule has 0 heterocycles. The van der Waals surface area contributed by atoms with Crippen LogP contribution in [0.1, 0.15) is 43.0 Å². The maximum Gasteiger partial charge on any atom is 0.253 e. The summed E-state index contributed by atoms with van der Waals surface area (Å²) in [5, 5.41) is 15.1. The van der Waals surface area contributed by atoms with Crippen molar-refractivity contribution in [1.82, 2.24) is 5.32 Å². The summed E-state index contributed by atoms with van der Waals surface area (Å²) >= 11 is 6.08. The van der Waals surface area contributed by atoms with Gasteiger partial charge in [0.1, 0.15) is 0 Å². The second-order valence-electron chi connectivity index (χ2n) is 5.75. The molecule has 6 heteroatoms. The number of carbonyl (C=O) groups is 2. The van der Waals surface area contributed by atoms with Crippen molar-refractivity contribution in [1.29, 1.82) is 0 Å². The number of anilines is 1. The zero-order valence-electron chi connectivity index (χ0n) is 12.6. The highest BCUT2D eigenvalue weighted by Gasteiger charge is 2.23. The summed E-state index contributed by atoms with van der Waals surface area (Å²) < 4.78 is 0. The molecule has 2 amide bonds. The minimum absolute atomic E-state index is 0.107. The van der Waals surface area contributed by atoms with Crippen LogP contribution in [-0.2, 0) is 4.79 Å². The van der Waals surface area contributed by atoms with Gasteiger partial charge in [0.05, 0.1) is 10.6 Å². The molecule has 120 valence electrons. The first kappa shape index (κ1) is 16.8. The second-order valence-corrected chi connectivity index (χ2v) is 6.16. The van der Waals surface area contributed by atoms with Crippen LogP contribution in [0.15, 0.2) is 18.2 Å². The maximum absolute atomic E-state index is 12.4. The van der Waals surface area contributed by atoms with Gasteiger partial charge in [0.25, 0.3) is 5.91 Å². The van der Waals surface area contributed by atoms with E-state index in [4.69, 9.17) is 16.7 Å². The molecule has 0 unspecified atom stereocenters. The third-order valence-corrected chi connectivity index (χ3v) is 4.30. The number of aliphatic hydroxyl groups excluding tert-OH is 1. The van der Waals surface area contributed by atoms with Crippen LogP contribution < -0.4 is 10.6 Å². The summed E-state index contributed by atoms with van der Waals surface area (Å²) in [4.78, 5) is 23.5. The Hall–Kier alpha value is -1.59. The molecule has 1 saturated carbocycles. The average molecular weight is 325 g/mol. The highest BCUT2D eigenvalue weighted by molar-refractivity contribution is 6.34. The zero-order valence-corrected chi connectivity index (χ0v) is 13.3. The molecule has 2 rings (SSSR count). The van der Waals surface area contributed by atoms with Crippen molar-refractivity contribution in [2.75, 3.05) is 11.9 Å². The van der Waals surface area contributed by atoms with Gasteiger partial charge < -0.3 is 15.7 Å². The quantitative estimate of drug-likeness (QED) is 0.796. The molecule has 3 N–H and O–H groups in total. The van der Waals surface area contributed by atoms with E-state index in [1.54, 1.807) is 18.2 Å². The zero-order chi connectivity index (χ0) is 16.1. The number of nitrogens with one attached hydrogen (secondary N) is 2. The van der Waals surface area contributed by atoms with Gasteiger partial charge in [-0.2, -0.15) is 0 Å². The number of rotatable bonds is 4. The van der Waals surface area contributed by atoms with Gasteiger partial charge in [-0.15, -0.1) is 0 Å². The minimum Gasteiger partial charge on any atom is -0.396 e. The molecule has 1 aromatic carbocycles. The monoisotopic (exact) mass is 324 g/mol. The smallest absolute Gasteiger partial charge is 0.253 e. The molecule has 22 heavy (non-hydrogen) atoms. The Balaban J connectivity index is 2.01. The first-order valence-electron chi connectivity index (χ1n) is 7.48. The largest absolute Gasteiger partial charge is 0.396 e. The van der Waals surface area contributed by atoms with E-state index in [0.717, 1.165) is 25.7 Å². The van der Waals surface area contributed by atoms with Gasteiger partial charge in [0.2, 0.25) is 5.91 Å². The standard InChI is InChI=1S/C16H21ClN2O3/c1-10(21)18-13-6-7-15(17)14(8-13)16(22)19-12-4-2-11(9-20)3-5-12/h6-8,11-12,20H,2-5,9H2,1H3,(H,18,21)(H,19,22). The van der Waals surface area contributed by atoms with Crippen molar-refractivity contribution in [3.63, 3.8) is 0 Å². The fourth-order valence-corrected chi connectivity index (χ4v) is 2.94. The SMILES string of the molecule is CC(=O)Nc1ccc(Cl)c(C(=O)NC2CCC(CO)CC2)c1. The number of halogens is 1. The Kier molecular flexibility index (Phi) is 5.80. The van der Waals surface area contributed by atoms with E-state index in [9.17, 15) is 9.59 Å². The maximum atomic E-state index is 12.4. The number of hydrogen-bond acceptors (Lipinski definition) is 3. The van der Waals surface area contributed by atoms with Gasteiger partial charge in [-0.3, -0.25) is 9.59 Å². The molecule has 1 fully saturated rings. The van der Waals surface area contributed by atoms with Gasteiger partial charge in [0.15, 0.2) is 0 Å². The van der Waals surface area contributed by atoms with E-state index < -0.39 is 0 Å². The third-order valence-electron chi connectivity index (χ3n) is 3.97. The Morgan fingerprint density at radius 1 is 1.27 bits per heavy atom. The van der Waals surface area contributed by atoms with Crippen LogP contribution in [0.2, 0.25) is 5.02 Å². The van der Waals surface area contributed by atoms with Crippen molar-refractivity contribution in [3.05, 3.63) is 28.8 Å². The van der Waals surface area contributed by atoms with E-state index in [2.05, 4.69) is 10.6 Å². The first-order chi connectivity index (χ1) is 10.5. The van der Waals surface area contributed by atoms with Crippen molar-refractivity contribution < 1.29 is 14.7 Å². The Morgan fingerprint density at radius 3 is 2.55 bits per heavy atom. The fraction of sp³-hybridized carbons (Fsp3) is 0.500. The molecular formula is C16H21ClN2O3. The summed E-state index contributed by atoms with van der Waals surface area (Å²) in [6.45, 7) is 1.62. The highest BCUT2D eigenvalue weighted by Crippen LogP contribution is 2.25. The normalized spacial score (nSPS) is 21.2. The lowest BCUT2D eigenvalue weighted by Crippen LogP contribution is -2.38. The molecule has 0 atom stereocenters. The number of hydrogen-bond donors (Lipinski definition) is 3. The average Bonchev–Trinajstić information content (AvgIpc) is 2.49. The summed E-state index contributed by atoms with van der Waals surface area (Å²) in [5.41, 5.74) is 0.906. The van der Waals surface area contributed by atoms with E-state index in [1.807, 2.05) is 0 Å². The van der Waals surface area contributed by atoms with E-state index in [0.29, 0.717) is 22.2 Å². The van der Waals surface area contributed by atoms with Gasteiger partial charge in [-0.25, -0.2) is 0 Å². The molecule has 5 nitrogen and oxygen atoms in total. The molecular weight excluding hydrogens is 304 g/mol. The molecule has 0 bridgehead atoms.